The van der Waals surface area contributed by atoms with Gasteiger partial charge in [-0.15, -0.1) is 0 Å². The van der Waals surface area contributed by atoms with Crippen molar-refractivity contribution in [2.24, 2.45) is 5.41 Å². The number of benzene rings is 3. The first-order valence-electron chi connectivity index (χ1n) is 11.5. The van der Waals surface area contributed by atoms with Crippen molar-refractivity contribution >= 4 is 35.0 Å². The van der Waals surface area contributed by atoms with Crippen molar-refractivity contribution in [3.63, 3.8) is 0 Å². The smallest absolute Gasteiger partial charge is 0.329 e. The number of esters is 1. The molecule has 178 valence electrons. The Balaban J connectivity index is 1.66. The van der Waals surface area contributed by atoms with E-state index in [4.69, 9.17) is 4.74 Å². The summed E-state index contributed by atoms with van der Waals surface area (Å²) in [4.78, 5) is 54.6. The molecule has 0 saturated carbocycles. The Morgan fingerprint density at radius 1 is 0.944 bits per heavy atom. The summed E-state index contributed by atoms with van der Waals surface area (Å²) < 4.78 is 5.23. The van der Waals surface area contributed by atoms with Gasteiger partial charge in [-0.05, 0) is 17.2 Å². The van der Waals surface area contributed by atoms with Crippen LogP contribution in [0.4, 0.5) is 11.4 Å². The number of carbonyl (C=O) groups is 3. The lowest BCUT2D eigenvalue weighted by molar-refractivity contribution is -0.384. The standard InChI is InChI=1S/C28H20N2O6/c1-36-27(33)24-23(17-10-13-18(14-11-17)30(34)35)28(25(31)19-7-3-4-8-20(19)26(28)32)22-15-12-16-6-2-5-9-21(16)29(22)24/h2-15,22-24H,1H3/t22?,23-,24+/m1/s1. The number of rotatable bonds is 3. The Bertz CT molecular complexity index is 1460. The number of methoxy groups -OCH3 is 1. The van der Waals surface area contributed by atoms with Crippen LogP contribution in [-0.2, 0) is 9.53 Å². The van der Waals surface area contributed by atoms with Crippen molar-refractivity contribution < 1.29 is 24.0 Å². The third-order valence-electron chi connectivity index (χ3n) is 7.62. The van der Waals surface area contributed by atoms with Gasteiger partial charge in [0.15, 0.2) is 11.6 Å². The number of nitro benzene ring substituents is 1. The summed E-state index contributed by atoms with van der Waals surface area (Å²) in [5, 5.41) is 11.3. The van der Waals surface area contributed by atoms with E-state index >= 15 is 0 Å². The Hall–Kier alpha value is -4.59. The molecule has 0 aromatic heterocycles. The van der Waals surface area contributed by atoms with E-state index in [9.17, 15) is 24.5 Å². The van der Waals surface area contributed by atoms with E-state index in [-0.39, 0.29) is 17.3 Å². The predicted octanol–water partition coefficient (Wildman–Crippen LogP) is 4.20. The minimum absolute atomic E-state index is 0.129. The summed E-state index contributed by atoms with van der Waals surface area (Å²) in [6, 6.07) is 18.1. The predicted molar refractivity (Wildman–Crippen MR) is 131 cm³/mol. The molecular weight excluding hydrogens is 460 g/mol. The minimum Gasteiger partial charge on any atom is -0.467 e. The zero-order valence-corrected chi connectivity index (χ0v) is 19.2. The third kappa shape index (κ3) is 2.66. The van der Waals surface area contributed by atoms with E-state index in [0.717, 1.165) is 5.56 Å². The van der Waals surface area contributed by atoms with Crippen LogP contribution in [-0.4, -0.2) is 41.7 Å². The number of nitro groups is 1. The number of nitrogens with zero attached hydrogens (tertiary/aromatic N) is 2. The first-order valence-corrected chi connectivity index (χ1v) is 11.5. The van der Waals surface area contributed by atoms with Gasteiger partial charge >= 0.3 is 5.97 Å². The molecule has 8 nitrogen and oxygen atoms in total. The summed E-state index contributed by atoms with van der Waals surface area (Å²) in [6.45, 7) is 0. The molecule has 36 heavy (non-hydrogen) atoms. The molecule has 1 saturated heterocycles. The van der Waals surface area contributed by atoms with Crippen LogP contribution in [0.2, 0.25) is 0 Å². The molecule has 1 fully saturated rings. The molecule has 1 aliphatic carbocycles. The molecule has 3 aromatic carbocycles. The molecular formula is C28H20N2O6. The molecule has 0 amide bonds. The molecule has 1 unspecified atom stereocenters. The van der Waals surface area contributed by atoms with Crippen LogP contribution in [0.15, 0.2) is 78.9 Å². The van der Waals surface area contributed by atoms with Crippen LogP contribution in [0.5, 0.6) is 0 Å². The molecule has 6 rings (SSSR count). The lowest BCUT2D eigenvalue weighted by Gasteiger charge is -2.36. The van der Waals surface area contributed by atoms with Gasteiger partial charge in [-0.1, -0.05) is 66.7 Å². The van der Waals surface area contributed by atoms with Gasteiger partial charge in [-0.2, -0.15) is 0 Å². The number of anilines is 1. The largest absolute Gasteiger partial charge is 0.467 e. The van der Waals surface area contributed by atoms with Gasteiger partial charge in [-0.3, -0.25) is 19.7 Å². The van der Waals surface area contributed by atoms with Gasteiger partial charge in [0.25, 0.3) is 5.69 Å². The van der Waals surface area contributed by atoms with Crippen LogP contribution in [0.1, 0.15) is 37.8 Å². The van der Waals surface area contributed by atoms with E-state index < -0.39 is 34.3 Å². The van der Waals surface area contributed by atoms with Crippen molar-refractivity contribution in [1.29, 1.82) is 0 Å². The maximum atomic E-state index is 14.3. The van der Waals surface area contributed by atoms with E-state index in [0.29, 0.717) is 22.4 Å². The average Bonchev–Trinajstić information content (AvgIpc) is 3.35. The SMILES string of the molecule is COC(=O)[C@@H]1[C@@H](c2ccc([N+](=O)[O-])cc2)C2(C(=O)c3ccccc3C2=O)C2C=Cc3ccccc3N21. The quantitative estimate of drug-likeness (QED) is 0.239. The normalized spacial score (nSPS) is 22.8. The van der Waals surface area contributed by atoms with Gasteiger partial charge in [0.05, 0.1) is 18.1 Å². The summed E-state index contributed by atoms with van der Waals surface area (Å²) in [6.07, 6.45) is 3.68. The summed E-state index contributed by atoms with van der Waals surface area (Å²) >= 11 is 0. The van der Waals surface area contributed by atoms with E-state index in [1.165, 1.54) is 31.4 Å². The van der Waals surface area contributed by atoms with Crippen molar-refractivity contribution in [3.05, 3.63) is 111 Å². The number of hydrogen-bond donors (Lipinski definition) is 0. The fraction of sp³-hybridized carbons (Fsp3) is 0.179. The average molecular weight is 480 g/mol. The molecule has 2 aliphatic heterocycles. The topological polar surface area (TPSA) is 107 Å². The molecule has 1 spiro atoms. The fourth-order valence-electron chi connectivity index (χ4n) is 6.19. The lowest BCUT2D eigenvalue weighted by Crippen LogP contribution is -2.48. The second-order valence-corrected chi connectivity index (χ2v) is 9.14. The maximum absolute atomic E-state index is 14.3. The number of fused-ring (bicyclic) bond motifs is 5. The first-order chi connectivity index (χ1) is 17.4. The van der Waals surface area contributed by atoms with Crippen LogP contribution < -0.4 is 4.90 Å². The maximum Gasteiger partial charge on any atom is 0.329 e. The van der Waals surface area contributed by atoms with E-state index in [1.807, 2.05) is 41.3 Å². The van der Waals surface area contributed by atoms with Crippen LogP contribution in [0, 0.1) is 15.5 Å². The number of hydrogen-bond acceptors (Lipinski definition) is 7. The van der Waals surface area contributed by atoms with Crippen molar-refractivity contribution in [3.8, 4) is 0 Å². The van der Waals surface area contributed by atoms with Crippen LogP contribution in [0.3, 0.4) is 0 Å². The Kier molecular flexibility index (Phi) is 4.69. The van der Waals surface area contributed by atoms with Gasteiger partial charge in [0.1, 0.15) is 11.5 Å². The second kappa shape index (κ2) is 7.71. The molecule has 3 aromatic rings. The zero-order chi connectivity index (χ0) is 25.2. The van der Waals surface area contributed by atoms with E-state index in [1.54, 1.807) is 24.3 Å². The number of non-ortho nitro benzene ring substituents is 1. The second-order valence-electron chi connectivity index (χ2n) is 9.14. The number of ether oxygens (including phenoxy) is 1. The minimum atomic E-state index is -1.65. The first kappa shape index (κ1) is 21.9. The number of carbonyl (C=O) groups excluding carboxylic acids is 3. The highest BCUT2D eigenvalue weighted by atomic mass is 16.6. The van der Waals surface area contributed by atoms with E-state index in [2.05, 4.69) is 0 Å². The molecule has 0 radical (unpaired) electrons. The van der Waals surface area contributed by atoms with Crippen molar-refractivity contribution in [2.75, 3.05) is 12.0 Å². The summed E-state index contributed by atoms with van der Waals surface area (Å²) in [7, 11) is 1.27. The highest BCUT2D eigenvalue weighted by Gasteiger charge is 2.71. The molecule has 0 N–H and O–H groups in total. The molecule has 0 bridgehead atoms. The summed E-state index contributed by atoms with van der Waals surface area (Å²) in [5.41, 5.74) is 0.877. The molecule has 8 heteroatoms. The highest BCUT2D eigenvalue weighted by molar-refractivity contribution is 6.32. The van der Waals surface area contributed by atoms with Crippen LogP contribution >= 0.6 is 0 Å². The van der Waals surface area contributed by atoms with Gasteiger partial charge in [-0.25, -0.2) is 4.79 Å². The number of para-hydroxylation sites is 1. The summed E-state index contributed by atoms with van der Waals surface area (Å²) in [5.74, 6) is -2.27. The lowest BCUT2D eigenvalue weighted by atomic mass is 9.65. The molecule has 3 atom stereocenters. The van der Waals surface area contributed by atoms with Gasteiger partial charge in [0, 0.05) is 34.9 Å². The Morgan fingerprint density at radius 2 is 1.56 bits per heavy atom. The Labute approximate surface area is 205 Å². The van der Waals surface area contributed by atoms with Crippen LogP contribution in [0.25, 0.3) is 6.08 Å². The van der Waals surface area contributed by atoms with Crippen molar-refractivity contribution in [1.82, 2.24) is 0 Å². The van der Waals surface area contributed by atoms with Crippen molar-refractivity contribution in [2.45, 2.75) is 18.0 Å². The monoisotopic (exact) mass is 480 g/mol. The highest BCUT2D eigenvalue weighted by Crippen LogP contribution is 2.60. The molecule has 2 heterocycles. The van der Waals surface area contributed by atoms with Gasteiger partial charge in [0.2, 0.25) is 0 Å². The number of Topliss-reactive ketones (excluding diaryl/α,β-unsaturated/α-hetero) is 2. The fourth-order valence-corrected chi connectivity index (χ4v) is 6.19. The third-order valence-corrected chi connectivity index (χ3v) is 7.62. The Morgan fingerprint density at radius 3 is 2.17 bits per heavy atom. The zero-order valence-electron chi connectivity index (χ0n) is 19.2. The number of ketones is 2. The molecule has 3 aliphatic rings. The van der Waals surface area contributed by atoms with Gasteiger partial charge < -0.3 is 9.64 Å².